The van der Waals surface area contributed by atoms with Gasteiger partial charge in [-0.25, -0.2) is 9.97 Å². The van der Waals surface area contributed by atoms with Gasteiger partial charge in [0.15, 0.2) is 12.2 Å². The number of aliphatic hydroxyl groups is 1. The van der Waals surface area contributed by atoms with E-state index in [1.165, 1.54) is 6.39 Å². The van der Waals surface area contributed by atoms with E-state index in [0.29, 0.717) is 74.3 Å². The number of benzene rings is 1. The van der Waals surface area contributed by atoms with Crippen molar-refractivity contribution < 1.29 is 28.6 Å². The highest BCUT2D eigenvalue weighted by Crippen LogP contribution is 2.23. The lowest BCUT2D eigenvalue weighted by Gasteiger charge is -2.32. The molecule has 1 unspecified atom stereocenters. The molecule has 0 spiro atoms. The maximum absolute atomic E-state index is 13.3. The molecule has 2 aromatic heterocycles. The molecular formula is C33H47N7O6. The topological polar surface area (TPSA) is 168 Å². The Morgan fingerprint density at radius 2 is 2.00 bits per heavy atom. The second kappa shape index (κ2) is 16.9. The first-order chi connectivity index (χ1) is 22.2. The number of oxazole rings is 1. The number of likely N-dealkylation sites (N-methyl/N-ethyl adjacent to an activating group) is 1. The van der Waals surface area contributed by atoms with Crippen molar-refractivity contribution in [3.8, 4) is 5.75 Å². The van der Waals surface area contributed by atoms with Crippen LogP contribution in [0.4, 0.5) is 11.6 Å². The molecule has 1 aromatic carbocycles. The summed E-state index contributed by atoms with van der Waals surface area (Å²) in [4.78, 5) is 37.6. The largest absolute Gasteiger partial charge is 0.486 e. The Labute approximate surface area is 270 Å². The Hall–Kier alpha value is -4.20. The Balaban J connectivity index is 1.33. The molecule has 1 aliphatic heterocycles. The van der Waals surface area contributed by atoms with Crippen LogP contribution in [0.5, 0.6) is 5.75 Å². The molecule has 0 bridgehead atoms. The number of carbonyl (C=O) groups is 2. The number of nitrogens with zero attached hydrogens (tertiary/aromatic N) is 4. The number of nitrogens with two attached hydrogens (primary N) is 1. The maximum Gasteiger partial charge on any atom is 0.251 e. The van der Waals surface area contributed by atoms with Crippen molar-refractivity contribution in [2.24, 2.45) is 5.73 Å². The van der Waals surface area contributed by atoms with Crippen molar-refractivity contribution in [3.63, 3.8) is 0 Å². The number of amides is 2. The lowest BCUT2D eigenvalue weighted by Crippen LogP contribution is -2.41. The number of aliphatic hydroxyl groups excluding tert-OH is 1. The number of aromatic nitrogens is 2. The van der Waals surface area contributed by atoms with Gasteiger partial charge in [0.2, 0.25) is 5.91 Å². The third-order valence-corrected chi connectivity index (χ3v) is 8.25. The van der Waals surface area contributed by atoms with Crippen molar-refractivity contribution in [1.82, 2.24) is 20.2 Å². The van der Waals surface area contributed by atoms with Gasteiger partial charge in [0, 0.05) is 65.4 Å². The molecule has 3 heterocycles. The SMILES string of the molecule is COCCN(C)c1cc(C(=O)NCC(O)CCc2ccc(OCc3ocnc3C)cc2CN)cc(NC2CCN(C(C)=O)CC2)n1. The second-order valence-corrected chi connectivity index (χ2v) is 11.6. The molecule has 1 fully saturated rings. The van der Waals surface area contributed by atoms with Gasteiger partial charge in [0.25, 0.3) is 5.91 Å². The predicted molar refractivity (Wildman–Crippen MR) is 175 cm³/mol. The van der Waals surface area contributed by atoms with E-state index in [0.717, 1.165) is 29.7 Å². The Morgan fingerprint density at radius 3 is 2.67 bits per heavy atom. The maximum atomic E-state index is 13.3. The van der Waals surface area contributed by atoms with Gasteiger partial charge in [-0.1, -0.05) is 6.07 Å². The predicted octanol–water partition coefficient (Wildman–Crippen LogP) is 2.64. The molecule has 250 valence electrons. The number of anilines is 2. The molecule has 1 atom stereocenters. The smallest absolute Gasteiger partial charge is 0.251 e. The fraction of sp³-hybridized carbons (Fsp3) is 0.515. The highest BCUT2D eigenvalue weighted by molar-refractivity contribution is 5.95. The summed E-state index contributed by atoms with van der Waals surface area (Å²) in [6, 6.07) is 9.33. The van der Waals surface area contributed by atoms with Crippen molar-refractivity contribution in [1.29, 1.82) is 0 Å². The van der Waals surface area contributed by atoms with Crippen LogP contribution in [0.3, 0.4) is 0 Å². The number of aryl methyl sites for hydroxylation is 2. The average Bonchev–Trinajstić information content (AvgIpc) is 3.48. The first kappa shape index (κ1) is 34.7. The lowest BCUT2D eigenvalue weighted by molar-refractivity contribution is -0.129. The van der Waals surface area contributed by atoms with Crippen molar-refractivity contribution in [2.75, 3.05) is 57.2 Å². The van der Waals surface area contributed by atoms with Crippen LogP contribution in [-0.4, -0.2) is 90.9 Å². The average molecular weight is 638 g/mol. The van der Waals surface area contributed by atoms with Crippen LogP contribution in [0.25, 0.3) is 0 Å². The van der Waals surface area contributed by atoms with E-state index in [-0.39, 0.29) is 31.0 Å². The van der Waals surface area contributed by atoms with E-state index in [2.05, 4.69) is 15.6 Å². The minimum Gasteiger partial charge on any atom is -0.486 e. The van der Waals surface area contributed by atoms with Gasteiger partial charge in [-0.3, -0.25) is 9.59 Å². The zero-order valence-electron chi connectivity index (χ0n) is 27.3. The van der Waals surface area contributed by atoms with Crippen LogP contribution >= 0.6 is 0 Å². The van der Waals surface area contributed by atoms with E-state index < -0.39 is 6.10 Å². The number of methoxy groups -OCH3 is 1. The van der Waals surface area contributed by atoms with Gasteiger partial charge in [0.05, 0.1) is 18.4 Å². The Bertz CT molecular complexity index is 1440. The van der Waals surface area contributed by atoms with Gasteiger partial charge < -0.3 is 45.2 Å². The summed E-state index contributed by atoms with van der Waals surface area (Å²) in [6.45, 7) is 6.62. The second-order valence-electron chi connectivity index (χ2n) is 11.6. The van der Waals surface area contributed by atoms with Crippen molar-refractivity contribution in [2.45, 2.75) is 64.8 Å². The Morgan fingerprint density at radius 1 is 1.22 bits per heavy atom. The Kier molecular flexibility index (Phi) is 12.8. The molecular weight excluding hydrogens is 590 g/mol. The number of ether oxygens (including phenoxy) is 2. The monoisotopic (exact) mass is 637 g/mol. The number of hydrogen-bond donors (Lipinski definition) is 4. The summed E-state index contributed by atoms with van der Waals surface area (Å²) in [5.74, 6) is 2.34. The number of pyridine rings is 1. The van der Waals surface area contributed by atoms with Crippen LogP contribution in [0.15, 0.2) is 41.1 Å². The van der Waals surface area contributed by atoms with Gasteiger partial charge >= 0.3 is 0 Å². The quantitative estimate of drug-likeness (QED) is 0.182. The van der Waals surface area contributed by atoms with Crippen LogP contribution in [0, 0.1) is 6.92 Å². The molecule has 13 nitrogen and oxygen atoms in total. The number of carbonyl (C=O) groups excluding carboxylic acids is 2. The van der Waals surface area contributed by atoms with Crippen molar-refractivity contribution in [3.05, 3.63) is 64.9 Å². The number of likely N-dealkylation sites (tertiary alicyclic amines) is 1. The normalized spacial score (nSPS) is 14.2. The van der Waals surface area contributed by atoms with Crippen LogP contribution < -0.4 is 26.0 Å². The third-order valence-electron chi connectivity index (χ3n) is 8.25. The van der Waals surface area contributed by atoms with Crippen LogP contribution in [0.1, 0.15) is 59.1 Å². The molecule has 13 heteroatoms. The summed E-state index contributed by atoms with van der Waals surface area (Å²) in [5, 5.41) is 17.1. The minimum atomic E-state index is -0.755. The molecule has 4 rings (SSSR count). The zero-order valence-corrected chi connectivity index (χ0v) is 27.3. The molecule has 1 aliphatic rings. The van der Waals surface area contributed by atoms with Crippen molar-refractivity contribution >= 4 is 23.5 Å². The highest BCUT2D eigenvalue weighted by atomic mass is 16.5. The minimum absolute atomic E-state index is 0.0806. The number of nitrogens with one attached hydrogen (secondary N) is 2. The van der Waals surface area contributed by atoms with Crippen LogP contribution in [-0.2, 0) is 29.1 Å². The molecule has 0 saturated carbocycles. The zero-order chi connectivity index (χ0) is 33.1. The summed E-state index contributed by atoms with van der Waals surface area (Å²) in [5.41, 5.74) is 9.18. The van der Waals surface area contributed by atoms with Crippen LogP contribution in [0.2, 0.25) is 0 Å². The van der Waals surface area contributed by atoms with Gasteiger partial charge in [-0.2, -0.15) is 0 Å². The van der Waals surface area contributed by atoms with E-state index in [1.54, 1.807) is 26.2 Å². The van der Waals surface area contributed by atoms with Gasteiger partial charge in [-0.15, -0.1) is 0 Å². The first-order valence-corrected chi connectivity index (χ1v) is 15.7. The number of rotatable bonds is 16. The lowest BCUT2D eigenvalue weighted by atomic mass is 10.0. The molecule has 2 amide bonds. The number of hydrogen-bond acceptors (Lipinski definition) is 11. The van der Waals surface area contributed by atoms with E-state index in [4.69, 9.17) is 24.6 Å². The summed E-state index contributed by atoms with van der Waals surface area (Å²) >= 11 is 0. The standard InChI is InChI=1S/C33H47N7O6/c1-22-30(46-21-36-22)20-45-29-8-6-24(26(15-29)18-34)5-7-28(42)19-35-33(43)25-16-31(38-32(17-25)39(3)13-14-44-4)37-27-9-11-40(12-10-27)23(2)41/h6,8,15-17,21,27-28,42H,5,7,9-14,18-20,34H2,1-4H3,(H,35,43)(H,37,38). The highest BCUT2D eigenvalue weighted by Gasteiger charge is 2.22. The summed E-state index contributed by atoms with van der Waals surface area (Å²) < 4.78 is 16.4. The molecule has 5 N–H and O–H groups in total. The van der Waals surface area contributed by atoms with E-state index in [1.807, 2.05) is 42.0 Å². The fourth-order valence-electron chi connectivity index (χ4n) is 5.28. The molecule has 1 saturated heterocycles. The summed E-state index contributed by atoms with van der Waals surface area (Å²) in [7, 11) is 3.54. The first-order valence-electron chi connectivity index (χ1n) is 15.7. The molecule has 0 radical (unpaired) electrons. The van der Waals surface area contributed by atoms with Gasteiger partial charge in [-0.05, 0) is 68.0 Å². The third kappa shape index (κ3) is 9.90. The van der Waals surface area contributed by atoms with E-state index >= 15 is 0 Å². The van der Waals surface area contributed by atoms with Gasteiger partial charge in [0.1, 0.15) is 24.0 Å². The molecule has 0 aliphatic carbocycles. The summed E-state index contributed by atoms with van der Waals surface area (Å²) in [6.07, 6.45) is 3.26. The molecule has 3 aromatic rings. The van der Waals surface area contributed by atoms with E-state index in [9.17, 15) is 14.7 Å². The fourth-order valence-corrected chi connectivity index (χ4v) is 5.28. The molecule has 46 heavy (non-hydrogen) atoms. The number of piperidine rings is 1.